The first kappa shape index (κ1) is 42.1. The maximum Gasteiger partial charge on any atom is 0.313 e. The molecule has 0 aliphatic carbocycles. The highest BCUT2D eigenvalue weighted by molar-refractivity contribution is 9.09. The Bertz CT molecular complexity index is 1690. The summed E-state index contributed by atoms with van der Waals surface area (Å²) < 4.78 is 13.1. The molecule has 0 radical (unpaired) electrons. The molecule has 2 bridgehead atoms. The van der Waals surface area contributed by atoms with Crippen molar-refractivity contribution in [2.75, 3.05) is 36.0 Å². The van der Waals surface area contributed by atoms with E-state index in [1.807, 2.05) is 68.4 Å². The number of hydrogen-bond donors (Lipinski definition) is 2. The summed E-state index contributed by atoms with van der Waals surface area (Å²) in [6.07, 6.45) is 3.36. The van der Waals surface area contributed by atoms with Gasteiger partial charge in [-0.2, -0.15) is 0 Å². The average molecular weight is 822 g/mol. The lowest BCUT2D eigenvalue weighted by Gasteiger charge is -2.41. The molecule has 3 saturated heterocycles. The first-order chi connectivity index (χ1) is 26.4. The van der Waals surface area contributed by atoms with Crippen LogP contribution in [0.15, 0.2) is 79.9 Å². The summed E-state index contributed by atoms with van der Waals surface area (Å²) in [6.45, 7) is 19.0. The second-order valence-electron chi connectivity index (χ2n) is 14.9. The van der Waals surface area contributed by atoms with E-state index in [9.17, 15) is 14.7 Å². The number of allylic oxidation sites excluding steroid dienone is 1. The molecule has 3 amide bonds. The van der Waals surface area contributed by atoms with Gasteiger partial charge in [-0.15, -0.1) is 13.2 Å². The van der Waals surface area contributed by atoms with Gasteiger partial charge in [0.05, 0.1) is 36.6 Å². The van der Waals surface area contributed by atoms with Crippen molar-refractivity contribution in [3.63, 3.8) is 0 Å². The fourth-order valence-electron chi connectivity index (χ4n) is 8.76. The number of likely N-dealkylation sites (tertiary alicyclic amines) is 1. The maximum atomic E-state index is 15.2. The Kier molecular flexibility index (Phi) is 14.0. The third kappa shape index (κ3) is 8.14. The zero-order valence-corrected chi connectivity index (χ0v) is 34.3. The van der Waals surface area contributed by atoms with Crippen LogP contribution in [0.5, 0.6) is 0 Å². The van der Waals surface area contributed by atoms with E-state index in [-0.39, 0.29) is 42.1 Å². The number of nitrogens with one attached hydrogen (secondary N) is 1. The number of anilines is 2. The number of aliphatic hydroxyl groups excluding tert-OH is 1. The van der Waals surface area contributed by atoms with Gasteiger partial charge in [0, 0.05) is 42.3 Å². The zero-order chi connectivity index (χ0) is 40.0. The third-order valence-corrected chi connectivity index (χ3v) is 12.6. The van der Waals surface area contributed by atoms with Gasteiger partial charge in [0.2, 0.25) is 11.8 Å². The molecule has 2 aromatic rings. The molecule has 5 rings (SSSR count). The van der Waals surface area contributed by atoms with Crippen LogP contribution >= 0.6 is 15.9 Å². The average Bonchev–Trinajstić information content (AvgIpc) is 3.79. The molecule has 298 valence electrons. The van der Waals surface area contributed by atoms with E-state index >= 15 is 9.59 Å². The Balaban J connectivity index is 1.55. The van der Waals surface area contributed by atoms with Gasteiger partial charge in [0.15, 0.2) is 0 Å². The number of carbonyl (C=O) groups excluding carboxylic acids is 4. The Morgan fingerprint density at radius 2 is 1.71 bits per heavy atom. The molecule has 3 aliphatic heterocycles. The first-order valence-corrected chi connectivity index (χ1v) is 20.5. The van der Waals surface area contributed by atoms with Crippen molar-refractivity contribution in [2.24, 2.45) is 17.8 Å². The molecule has 1 spiro atoms. The second-order valence-corrected chi connectivity index (χ2v) is 16.1. The lowest BCUT2D eigenvalue weighted by molar-refractivity contribution is -0.162. The van der Waals surface area contributed by atoms with Gasteiger partial charge in [0.25, 0.3) is 5.91 Å². The number of nitrogens with zero attached hydrogens (tertiary/aromatic N) is 3. The molecule has 12 heteroatoms. The van der Waals surface area contributed by atoms with E-state index in [1.165, 1.54) is 4.90 Å². The molecule has 0 saturated carbocycles. The highest BCUT2D eigenvalue weighted by Crippen LogP contribution is 2.61. The highest BCUT2D eigenvalue weighted by atomic mass is 79.9. The minimum Gasteiger partial charge on any atom is -0.455 e. The van der Waals surface area contributed by atoms with Gasteiger partial charge in [-0.1, -0.05) is 78.7 Å². The Morgan fingerprint density at radius 1 is 1.05 bits per heavy atom. The summed E-state index contributed by atoms with van der Waals surface area (Å²) >= 11 is 3.77. The van der Waals surface area contributed by atoms with Gasteiger partial charge in [-0.05, 0) is 69.4 Å². The van der Waals surface area contributed by atoms with Crippen LogP contribution in [0.4, 0.5) is 11.4 Å². The van der Waals surface area contributed by atoms with Crippen LogP contribution in [0.2, 0.25) is 0 Å². The number of hydrogen-bond acceptors (Lipinski definition) is 8. The van der Waals surface area contributed by atoms with Crippen molar-refractivity contribution in [3.8, 4) is 0 Å². The van der Waals surface area contributed by atoms with Gasteiger partial charge in [0.1, 0.15) is 17.7 Å². The molecule has 55 heavy (non-hydrogen) atoms. The SMILES string of the molecule is C=CCCC(=O)N[C@@H](C)[C@H](OC(=O)[C@@H]1[C@H]2O[C@@]3(CC2Br)[C@H](C(=O)N(CC=C)c2ccc(N(CC)CC)cc2)N([C@@H](CO)[C@@H](C)CC)C(=O)[C@@H]13)c1ccccc1. The zero-order valence-electron chi connectivity index (χ0n) is 32.7. The summed E-state index contributed by atoms with van der Waals surface area (Å²) in [5.41, 5.74) is 0.947. The number of alkyl halides is 1. The van der Waals surface area contributed by atoms with Gasteiger partial charge >= 0.3 is 5.97 Å². The van der Waals surface area contributed by atoms with Crippen LogP contribution in [-0.4, -0.2) is 94.6 Å². The highest BCUT2D eigenvalue weighted by Gasteiger charge is 2.78. The molecule has 11 nitrogen and oxygen atoms in total. The normalized spacial score (nSPS) is 26.1. The molecule has 10 atom stereocenters. The number of benzene rings is 2. The van der Waals surface area contributed by atoms with Crippen LogP contribution in [0.25, 0.3) is 0 Å². The number of esters is 1. The lowest BCUT2D eigenvalue weighted by Crippen LogP contribution is -2.60. The predicted molar refractivity (Wildman–Crippen MR) is 218 cm³/mol. The van der Waals surface area contributed by atoms with Crippen molar-refractivity contribution < 1.29 is 33.8 Å². The number of ether oxygens (including phenoxy) is 2. The monoisotopic (exact) mass is 820 g/mol. The van der Waals surface area contributed by atoms with E-state index in [0.29, 0.717) is 30.5 Å². The van der Waals surface area contributed by atoms with Crippen molar-refractivity contribution >= 4 is 51.0 Å². The van der Waals surface area contributed by atoms with Crippen LogP contribution in [-0.2, 0) is 28.7 Å². The summed E-state index contributed by atoms with van der Waals surface area (Å²) in [6, 6.07) is 14.5. The fourth-order valence-corrected chi connectivity index (χ4v) is 9.70. The standard InChI is InChI=1S/C43H57BrN4O7/c1-8-13-19-34(50)45-28(7)37(29-17-15-14-16-18-29)54-42(53)35-36-40(51)48(33(26-49)27(6)10-3)39(43(36)25-32(44)38(35)55-43)41(52)47(24-9-2)31-22-20-30(21-23-31)46(11-4)12-5/h8-9,14-18,20-23,27-28,32-33,35-39,49H,1-2,10-13,19,24-26H2,3-7H3,(H,45,50)/t27-,28-,32?,33-,35-,36+,37-,38-,39-,43+/m0/s1. The molecular formula is C43H57BrN4O7. The van der Waals surface area contributed by atoms with Crippen molar-refractivity contribution in [1.82, 2.24) is 10.2 Å². The minimum absolute atomic E-state index is 0.164. The summed E-state index contributed by atoms with van der Waals surface area (Å²) in [5.74, 6) is -3.92. The molecule has 3 aliphatic rings. The number of amides is 3. The molecule has 0 aromatic heterocycles. The summed E-state index contributed by atoms with van der Waals surface area (Å²) in [5, 5.41) is 13.8. The molecule has 2 N–H and O–H groups in total. The first-order valence-electron chi connectivity index (χ1n) is 19.6. The van der Waals surface area contributed by atoms with Gasteiger partial charge in [-0.25, -0.2) is 0 Å². The molecule has 1 unspecified atom stereocenters. The fraction of sp³-hybridized carbons (Fsp3) is 0.535. The minimum atomic E-state index is -1.38. The molecule has 3 fully saturated rings. The van der Waals surface area contributed by atoms with Gasteiger partial charge < -0.3 is 34.6 Å². The summed E-state index contributed by atoms with van der Waals surface area (Å²) in [4.78, 5) is 62.6. The van der Waals surface area contributed by atoms with E-state index in [2.05, 4.69) is 53.2 Å². The largest absolute Gasteiger partial charge is 0.455 e. The van der Waals surface area contributed by atoms with Crippen molar-refractivity contribution in [1.29, 1.82) is 0 Å². The van der Waals surface area contributed by atoms with Gasteiger partial charge in [-0.3, -0.25) is 19.2 Å². The smallest absolute Gasteiger partial charge is 0.313 e. The van der Waals surface area contributed by atoms with E-state index in [0.717, 1.165) is 18.8 Å². The molecular weight excluding hydrogens is 764 g/mol. The molecule has 2 aromatic carbocycles. The lowest BCUT2D eigenvalue weighted by atomic mass is 9.70. The Morgan fingerprint density at radius 3 is 2.29 bits per heavy atom. The van der Waals surface area contributed by atoms with Crippen molar-refractivity contribution in [2.45, 2.75) is 101 Å². The van der Waals surface area contributed by atoms with E-state index in [4.69, 9.17) is 9.47 Å². The number of halogens is 1. The van der Waals surface area contributed by atoms with Crippen LogP contribution < -0.4 is 15.1 Å². The number of fused-ring (bicyclic) bond motifs is 1. The number of rotatable bonds is 19. The quantitative estimate of drug-likeness (QED) is 0.101. The topological polar surface area (TPSA) is 129 Å². The number of carbonyl (C=O) groups is 4. The Hall–Kier alpha value is -4.00. The Labute approximate surface area is 334 Å². The number of aliphatic hydroxyl groups is 1. The predicted octanol–water partition coefficient (Wildman–Crippen LogP) is 5.96. The van der Waals surface area contributed by atoms with Crippen molar-refractivity contribution in [3.05, 3.63) is 85.5 Å². The maximum absolute atomic E-state index is 15.2. The van der Waals surface area contributed by atoms with Crippen LogP contribution in [0.1, 0.15) is 72.0 Å². The molecule has 3 heterocycles. The third-order valence-electron chi connectivity index (χ3n) is 11.7. The summed E-state index contributed by atoms with van der Waals surface area (Å²) in [7, 11) is 0. The second kappa shape index (κ2) is 18.3. The van der Waals surface area contributed by atoms with E-state index < -0.39 is 59.6 Å². The van der Waals surface area contributed by atoms with Crippen LogP contribution in [0.3, 0.4) is 0 Å². The van der Waals surface area contributed by atoms with Crippen LogP contribution in [0, 0.1) is 17.8 Å². The van der Waals surface area contributed by atoms with E-state index in [1.54, 1.807) is 24.0 Å².